The summed E-state index contributed by atoms with van der Waals surface area (Å²) in [6, 6.07) is 7.55. The zero-order valence-corrected chi connectivity index (χ0v) is 19.6. The molecule has 0 saturated carbocycles. The van der Waals surface area contributed by atoms with Crippen LogP contribution in [0.25, 0.3) is 0 Å². The predicted octanol–water partition coefficient (Wildman–Crippen LogP) is 1.54. The van der Waals surface area contributed by atoms with E-state index in [2.05, 4.69) is 9.46 Å². The van der Waals surface area contributed by atoms with Gasteiger partial charge in [0.15, 0.2) is 0 Å². The highest BCUT2D eigenvalue weighted by atomic mass is 32.2. The molecule has 1 N–H and O–H groups in total. The van der Waals surface area contributed by atoms with Crippen LogP contribution >= 0.6 is 0 Å². The molecule has 2 aromatic rings. The maximum Gasteiger partial charge on any atom is 0.339 e. The second kappa shape index (κ2) is 10.5. The number of methoxy groups -OCH3 is 3. The fraction of sp³-hybridized carbons (Fsp3) is 0.318. The number of benzene rings is 2. The van der Waals surface area contributed by atoms with Gasteiger partial charge in [-0.15, -0.1) is 0 Å². The molecule has 12 heteroatoms. The molecule has 0 unspecified atom stereocenters. The van der Waals surface area contributed by atoms with Crippen LogP contribution in [-0.4, -0.2) is 78.8 Å². The Balaban J connectivity index is 2.01. The van der Waals surface area contributed by atoms with Crippen molar-refractivity contribution < 1.29 is 41.7 Å². The molecular formula is C22H24N2O9S. The van der Waals surface area contributed by atoms with E-state index in [4.69, 9.17) is 14.2 Å². The zero-order valence-electron chi connectivity index (χ0n) is 18.8. The average Bonchev–Trinajstić information content (AvgIpc) is 2.87. The summed E-state index contributed by atoms with van der Waals surface area (Å²) in [7, 11) is -0.613. The molecule has 0 bridgehead atoms. The highest BCUT2D eigenvalue weighted by molar-refractivity contribution is 7.92. The van der Waals surface area contributed by atoms with Gasteiger partial charge >= 0.3 is 11.9 Å². The third kappa shape index (κ3) is 5.29. The number of ether oxygens (including phenoxy) is 4. The number of carbonyl (C=O) groups excluding carboxylic acids is 3. The van der Waals surface area contributed by atoms with Gasteiger partial charge in [0.25, 0.3) is 15.9 Å². The fourth-order valence-corrected chi connectivity index (χ4v) is 4.42. The van der Waals surface area contributed by atoms with Crippen LogP contribution < -0.4 is 9.46 Å². The lowest BCUT2D eigenvalue weighted by molar-refractivity contribution is 0.0300. The van der Waals surface area contributed by atoms with E-state index >= 15 is 0 Å². The van der Waals surface area contributed by atoms with Gasteiger partial charge in [-0.05, 0) is 36.4 Å². The third-order valence-electron chi connectivity index (χ3n) is 5.10. The van der Waals surface area contributed by atoms with E-state index in [1.54, 1.807) is 4.90 Å². The first-order valence-corrected chi connectivity index (χ1v) is 11.6. The smallest absolute Gasteiger partial charge is 0.339 e. The van der Waals surface area contributed by atoms with Crippen LogP contribution in [-0.2, 0) is 24.2 Å². The van der Waals surface area contributed by atoms with E-state index in [9.17, 15) is 22.8 Å². The van der Waals surface area contributed by atoms with E-state index in [1.807, 2.05) is 0 Å². The molecule has 0 atom stereocenters. The molecule has 1 heterocycles. The van der Waals surface area contributed by atoms with Crippen molar-refractivity contribution in [2.45, 2.75) is 4.90 Å². The Morgan fingerprint density at radius 3 is 2.21 bits per heavy atom. The first-order valence-electron chi connectivity index (χ1n) is 10.1. The molecule has 1 amide bonds. The van der Waals surface area contributed by atoms with Crippen molar-refractivity contribution >= 4 is 33.6 Å². The van der Waals surface area contributed by atoms with E-state index < -0.39 is 27.9 Å². The maximum atomic E-state index is 13.2. The summed E-state index contributed by atoms with van der Waals surface area (Å²) in [5.74, 6) is -1.73. The summed E-state index contributed by atoms with van der Waals surface area (Å²) in [6.45, 7) is 1.47. The summed E-state index contributed by atoms with van der Waals surface area (Å²) in [5.41, 5.74) is -0.224. The fourth-order valence-electron chi connectivity index (χ4n) is 3.32. The van der Waals surface area contributed by atoms with Gasteiger partial charge in [0.2, 0.25) is 0 Å². The highest BCUT2D eigenvalue weighted by Crippen LogP contribution is 2.27. The van der Waals surface area contributed by atoms with Crippen molar-refractivity contribution in [3.63, 3.8) is 0 Å². The molecule has 182 valence electrons. The van der Waals surface area contributed by atoms with Crippen molar-refractivity contribution in [3.8, 4) is 5.75 Å². The van der Waals surface area contributed by atoms with Crippen molar-refractivity contribution in [2.75, 3.05) is 52.4 Å². The number of carbonyl (C=O) groups is 3. The van der Waals surface area contributed by atoms with Crippen LogP contribution in [0.2, 0.25) is 0 Å². The summed E-state index contributed by atoms with van der Waals surface area (Å²) >= 11 is 0. The van der Waals surface area contributed by atoms with Crippen LogP contribution in [0.1, 0.15) is 31.1 Å². The van der Waals surface area contributed by atoms with E-state index in [0.717, 1.165) is 7.11 Å². The third-order valence-corrected chi connectivity index (χ3v) is 6.46. The van der Waals surface area contributed by atoms with Crippen LogP contribution in [0, 0.1) is 0 Å². The van der Waals surface area contributed by atoms with Crippen LogP contribution in [0.3, 0.4) is 0 Å². The lowest BCUT2D eigenvalue weighted by atomic mass is 10.1. The minimum atomic E-state index is -4.30. The van der Waals surface area contributed by atoms with Gasteiger partial charge in [-0.25, -0.2) is 18.0 Å². The number of amides is 1. The monoisotopic (exact) mass is 492 g/mol. The van der Waals surface area contributed by atoms with Gasteiger partial charge in [-0.2, -0.15) is 0 Å². The summed E-state index contributed by atoms with van der Waals surface area (Å²) in [6.07, 6.45) is 0. The number of rotatable bonds is 7. The number of anilines is 1. The molecular weight excluding hydrogens is 468 g/mol. The molecule has 0 spiro atoms. The first kappa shape index (κ1) is 25.0. The predicted molar refractivity (Wildman–Crippen MR) is 120 cm³/mol. The van der Waals surface area contributed by atoms with Crippen molar-refractivity contribution in [2.24, 2.45) is 0 Å². The lowest BCUT2D eigenvalue weighted by Crippen LogP contribution is -2.40. The molecule has 2 aromatic carbocycles. The zero-order chi connectivity index (χ0) is 24.9. The molecule has 1 saturated heterocycles. The summed E-state index contributed by atoms with van der Waals surface area (Å²) in [5, 5.41) is 0. The molecule has 1 fully saturated rings. The van der Waals surface area contributed by atoms with E-state index in [1.165, 1.54) is 50.6 Å². The molecule has 0 aromatic heterocycles. The SMILES string of the molecule is COC(=O)c1ccc(C(=O)OC)c(NS(=O)(=O)c2ccc(OC)c(C(=O)N3CCOCC3)c2)c1. The van der Waals surface area contributed by atoms with Gasteiger partial charge in [-0.1, -0.05) is 0 Å². The Morgan fingerprint density at radius 1 is 0.912 bits per heavy atom. The Morgan fingerprint density at radius 2 is 1.59 bits per heavy atom. The molecule has 34 heavy (non-hydrogen) atoms. The number of nitrogens with one attached hydrogen (secondary N) is 1. The van der Waals surface area contributed by atoms with Crippen molar-refractivity contribution in [1.29, 1.82) is 0 Å². The Hall–Kier alpha value is -3.64. The summed E-state index contributed by atoms with van der Waals surface area (Å²) in [4.78, 5) is 38.4. The van der Waals surface area contributed by atoms with Gasteiger partial charge < -0.3 is 23.8 Å². The van der Waals surface area contributed by atoms with Gasteiger partial charge in [0.1, 0.15) is 5.75 Å². The molecule has 1 aliphatic rings. The second-order valence-corrected chi connectivity index (χ2v) is 8.80. The van der Waals surface area contributed by atoms with Crippen molar-refractivity contribution in [3.05, 3.63) is 53.1 Å². The maximum absolute atomic E-state index is 13.2. The molecule has 0 aliphatic carbocycles. The number of sulfonamides is 1. The van der Waals surface area contributed by atoms with Crippen molar-refractivity contribution in [1.82, 2.24) is 4.90 Å². The molecule has 0 radical (unpaired) electrons. The minimum absolute atomic E-state index is 0.0192. The first-order chi connectivity index (χ1) is 16.2. The van der Waals surface area contributed by atoms with E-state index in [-0.39, 0.29) is 33.0 Å². The number of nitrogens with zero attached hydrogens (tertiary/aromatic N) is 1. The number of hydrogen-bond donors (Lipinski definition) is 1. The van der Waals surface area contributed by atoms with E-state index in [0.29, 0.717) is 26.3 Å². The average molecular weight is 493 g/mol. The van der Waals surface area contributed by atoms with Crippen LogP contribution in [0.15, 0.2) is 41.3 Å². The standard InChI is InChI=1S/C22H24N2O9S/c1-30-19-7-5-15(13-17(19)20(25)24-8-10-33-11-9-24)34(28,29)23-18-12-14(21(26)31-2)4-6-16(18)22(27)32-3/h4-7,12-13,23H,8-11H2,1-3H3. The van der Waals surface area contributed by atoms with Crippen LogP contribution in [0.4, 0.5) is 5.69 Å². The molecule has 3 rings (SSSR count). The number of esters is 2. The summed E-state index contributed by atoms with van der Waals surface area (Å²) < 4.78 is 48.6. The number of hydrogen-bond acceptors (Lipinski definition) is 9. The topological polar surface area (TPSA) is 138 Å². The normalized spacial score (nSPS) is 13.7. The second-order valence-electron chi connectivity index (χ2n) is 7.12. The molecule has 1 aliphatic heterocycles. The molecule has 11 nitrogen and oxygen atoms in total. The number of morpholine rings is 1. The Bertz CT molecular complexity index is 1200. The largest absolute Gasteiger partial charge is 0.496 e. The minimum Gasteiger partial charge on any atom is -0.496 e. The Kier molecular flexibility index (Phi) is 7.74. The highest BCUT2D eigenvalue weighted by Gasteiger charge is 2.26. The lowest BCUT2D eigenvalue weighted by Gasteiger charge is -2.27. The van der Waals surface area contributed by atoms with Gasteiger partial charge in [0, 0.05) is 13.1 Å². The quantitative estimate of drug-likeness (QED) is 0.571. The van der Waals surface area contributed by atoms with Gasteiger partial charge in [0.05, 0.1) is 61.8 Å². The van der Waals surface area contributed by atoms with Crippen LogP contribution in [0.5, 0.6) is 5.75 Å². The Labute approximate surface area is 196 Å². The van der Waals surface area contributed by atoms with Gasteiger partial charge in [-0.3, -0.25) is 9.52 Å².